The average molecular weight is 354 g/mol. The molecule has 3 N–H and O–H groups in total. The van der Waals surface area contributed by atoms with Gasteiger partial charge in [0.15, 0.2) is 0 Å². The van der Waals surface area contributed by atoms with Gasteiger partial charge in [-0.25, -0.2) is 10.1 Å². The molecule has 25 heavy (non-hydrogen) atoms. The van der Waals surface area contributed by atoms with E-state index in [2.05, 4.69) is 32.9 Å². The van der Waals surface area contributed by atoms with Gasteiger partial charge in [-0.2, -0.15) is 5.10 Å². The third kappa shape index (κ3) is 4.51. The first-order chi connectivity index (χ1) is 12.3. The largest absolute Gasteiger partial charge is 0.497 e. The van der Waals surface area contributed by atoms with Crippen molar-refractivity contribution < 1.29 is 4.74 Å². The Morgan fingerprint density at radius 2 is 1.92 bits per heavy atom. The molecule has 3 rings (SSSR count). The third-order valence-electron chi connectivity index (χ3n) is 3.37. The number of hydrogen-bond donors (Lipinski definition) is 2. The van der Waals surface area contributed by atoms with E-state index in [1.54, 1.807) is 13.3 Å². The molecule has 3 aromatic rings. The fourth-order valence-corrected chi connectivity index (χ4v) is 2.84. The quantitative estimate of drug-likeness (QED) is 0.293. The van der Waals surface area contributed by atoms with Gasteiger partial charge in [0.05, 0.1) is 13.3 Å². The number of nitrogens with two attached hydrogens (primary N) is 1. The second-order valence-electron chi connectivity index (χ2n) is 5.09. The molecule has 1 heterocycles. The Hall–Kier alpha value is -3.00. The fraction of sp³-hybridized carbons (Fsp3) is 0.118. The topological polar surface area (TPSA) is 90.3 Å². The van der Waals surface area contributed by atoms with Crippen LogP contribution in [0.5, 0.6) is 5.75 Å². The van der Waals surface area contributed by atoms with Crippen molar-refractivity contribution >= 4 is 23.9 Å². The van der Waals surface area contributed by atoms with Crippen LogP contribution in [-0.2, 0) is 5.75 Å². The summed E-state index contributed by atoms with van der Waals surface area (Å²) in [4.78, 5) is 0. The predicted molar refractivity (Wildman–Crippen MR) is 100 cm³/mol. The molecule has 0 atom stereocenters. The Bertz CT molecular complexity index is 832. The van der Waals surface area contributed by atoms with Crippen LogP contribution in [0.25, 0.3) is 0 Å². The lowest BCUT2D eigenvalue weighted by atomic mass is 10.2. The van der Waals surface area contributed by atoms with Gasteiger partial charge in [-0.1, -0.05) is 42.1 Å². The summed E-state index contributed by atoms with van der Waals surface area (Å²) in [5, 5.41) is 12.8. The molecule has 0 amide bonds. The molecule has 0 unspecified atom stereocenters. The smallest absolute Gasteiger partial charge is 0.264 e. The first kappa shape index (κ1) is 16.8. The number of benzene rings is 2. The van der Waals surface area contributed by atoms with Crippen molar-refractivity contribution in [1.82, 2.24) is 14.9 Å². The number of aromatic nitrogens is 3. The molecule has 0 saturated carbocycles. The van der Waals surface area contributed by atoms with Gasteiger partial charge < -0.3 is 10.6 Å². The van der Waals surface area contributed by atoms with E-state index in [0.717, 1.165) is 17.1 Å². The van der Waals surface area contributed by atoms with Crippen LogP contribution in [0, 0.1) is 0 Å². The van der Waals surface area contributed by atoms with E-state index in [9.17, 15) is 0 Å². The van der Waals surface area contributed by atoms with Gasteiger partial charge in [0, 0.05) is 5.75 Å². The number of nitrogen functional groups attached to an aromatic ring is 1. The number of thioether (sulfide) groups is 1. The number of methoxy groups -OCH3 is 1. The number of hydrogen-bond acceptors (Lipinski definition) is 7. The van der Waals surface area contributed by atoms with Gasteiger partial charge in [0.2, 0.25) is 5.16 Å². The summed E-state index contributed by atoms with van der Waals surface area (Å²) in [5.74, 6) is 7.95. The van der Waals surface area contributed by atoms with E-state index in [-0.39, 0.29) is 0 Å². The van der Waals surface area contributed by atoms with Gasteiger partial charge in [-0.05, 0) is 35.4 Å². The molecular formula is C17H18N6OS. The van der Waals surface area contributed by atoms with Crippen LogP contribution < -0.4 is 16.0 Å². The van der Waals surface area contributed by atoms with Gasteiger partial charge in [-0.15, -0.1) is 10.2 Å². The van der Waals surface area contributed by atoms with Crippen molar-refractivity contribution in [2.75, 3.05) is 18.4 Å². The van der Waals surface area contributed by atoms with Crippen LogP contribution in [0.15, 0.2) is 64.9 Å². The minimum Gasteiger partial charge on any atom is -0.497 e. The Kier molecular flexibility index (Phi) is 5.53. The molecule has 0 aliphatic carbocycles. The van der Waals surface area contributed by atoms with E-state index in [0.29, 0.717) is 11.1 Å². The zero-order valence-electron chi connectivity index (χ0n) is 13.7. The van der Waals surface area contributed by atoms with E-state index >= 15 is 0 Å². The molecule has 2 aromatic carbocycles. The second kappa shape index (κ2) is 8.20. The van der Waals surface area contributed by atoms with E-state index in [1.807, 2.05) is 42.5 Å². The van der Waals surface area contributed by atoms with Crippen molar-refractivity contribution in [3.05, 3.63) is 65.7 Å². The summed E-state index contributed by atoms with van der Waals surface area (Å²) in [5.41, 5.74) is 4.92. The molecule has 0 bridgehead atoms. The van der Waals surface area contributed by atoms with E-state index < -0.39 is 0 Å². The maximum absolute atomic E-state index is 6.00. The molecule has 0 spiro atoms. The maximum atomic E-state index is 6.00. The molecule has 0 saturated heterocycles. The first-order valence-corrected chi connectivity index (χ1v) is 8.55. The average Bonchev–Trinajstić information content (AvgIpc) is 3.01. The first-order valence-electron chi connectivity index (χ1n) is 7.56. The second-order valence-corrected chi connectivity index (χ2v) is 6.04. The lowest BCUT2D eigenvalue weighted by molar-refractivity contribution is 0.415. The van der Waals surface area contributed by atoms with Gasteiger partial charge in [0.25, 0.3) is 5.95 Å². The van der Waals surface area contributed by atoms with Crippen LogP contribution in [0.1, 0.15) is 11.1 Å². The molecule has 1 aromatic heterocycles. The summed E-state index contributed by atoms with van der Waals surface area (Å²) < 4.78 is 6.50. The Balaban J connectivity index is 1.58. The van der Waals surface area contributed by atoms with Gasteiger partial charge in [-0.3, -0.25) is 0 Å². The maximum Gasteiger partial charge on any atom is 0.264 e. The fourth-order valence-electron chi connectivity index (χ4n) is 2.03. The van der Waals surface area contributed by atoms with Crippen molar-refractivity contribution in [3.8, 4) is 5.75 Å². The summed E-state index contributed by atoms with van der Waals surface area (Å²) in [6.45, 7) is 0. The summed E-state index contributed by atoms with van der Waals surface area (Å²) in [6.07, 6.45) is 1.67. The standard InChI is InChI=1S/C17H18N6OS/c1-24-15-9-7-13(8-10-15)11-19-20-16-21-22-17(23(16)18)25-12-14-5-3-2-4-6-14/h2-11H,12,18H2,1H3,(H,20,21)/b19-11-. The lowest BCUT2D eigenvalue weighted by Gasteiger charge is -2.03. The van der Waals surface area contributed by atoms with Crippen LogP contribution in [0.2, 0.25) is 0 Å². The predicted octanol–water partition coefficient (Wildman–Crippen LogP) is 2.74. The Morgan fingerprint density at radius 1 is 1.16 bits per heavy atom. The molecular weight excluding hydrogens is 336 g/mol. The van der Waals surface area contributed by atoms with Crippen molar-refractivity contribution in [1.29, 1.82) is 0 Å². The molecule has 0 aliphatic heterocycles. The van der Waals surface area contributed by atoms with Crippen molar-refractivity contribution in [2.24, 2.45) is 5.10 Å². The number of rotatable bonds is 7. The highest BCUT2D eigenvalue weighted by Crippen LogP contribution is 2.21. The lowest BCUT2D eigenvalue weighted by Crippen LogP contribution is -2.13. The van der Waals surface area contributed by atoms with Crippen LogP contribution in [-0.4, -0.2) is 28.2 Å². The highest BCUT2D eigenvalue weighted by atomic mass is 32.2. The van der Waals surface area contributed by atoms with Crippen LogP contribution >= 0.6 is 11.8 Å². The number of nitrogens with one attached hydrogen (secondary N) is 1. The minimum atomic E-state index is 0.375. The Morgan fingerprint density at radius 3 is 2.64 bits per heavy atom. The SMILES string of the molecule is COc1ccc(/C=N\Nc2nnc(SCc3ccccc3)n2N)cc1. The van der Waals surface area contributed by atoms with Gasteiger partial charge >= 0.3 is 0 Å². The molecule has 0 radical (unpaired) electrons. The number of ether oxygens (including phenoxy) is 1. The number of anilines is 1. The monoisotopic (exact) mass is 354 g/mol. The van der Waals surface area contributed by atoms with Crippen LogP contribution in [0.4, 0.5) is 5.95 Å². The van der Waals surface area contributed by atoms with Crippen molar-refractivity contribution in [2.45, 2.75) is 10.9 Å². The minimum absolute atomic E-state index is 0.375. The zero-order chi connectivity index (χ0) is 17.5. The van der Waals surface area contributed by atoms with Crippen LogP contribution in [0.3, 0.4) is 0 Å². The normalized spacial score (nSPS) is 10.9. The zero-order valence-corrected chi connectivity index (χ0v) is 14.5. The molecule has 0 fully saturated rings. The van der Waals surface area contributed by atoms with E-state index in [4.69, 9.17) is 10.6 Å². The van der Waals surface area contributed by atoms with Gasteiger partial charge in [0.1, 0.15) is 5.75 Å². The third-order valence-corrected chi connectivity index (χ3v) is 4.38. The number of hydrazone groups is 1. The summed E-state index contributed by atoms with van der Waals surface area (Å²) in [7, 11) is 1.63. The summed E-state index contributed by atoms with van der Waals surface area (Å²) >= 11 is 1.51. The highest BCUT2D eigenvalue weighted by molar-refractivity contribution is 7.98. The summed E-state index contributed by atoms with van der Waals surface area (Å²) in [6, 6.07) is 17.6. The van der Waals surface area contributed by atoms with Crippen molar-refractivity contribution in [3.63, 3.8) is 0 Å². The highest BCUT2D eigenvalue weighted by Gasteiger charge is 2.09. The molecule has 128 valence electrons. The Labute approximate surface area is 149 Å². The molecule has 7 nitrogen and oxygen atoms in total. The number of nitrogens with zero attached hydrogens (tertiary/aromatic N) is 4. The molecule has 0 aliphatic rings. The molecule has 8 heteroatoms. The van der Waals surface area contributed by atoms with E-state index in [1.165, 1.54) is 22.0 Å².